The summed E-state index contributed by atoms with van der Waals surface area (Å²) in [6.45, 7) is 10.5. The van der Waals surface area contributed by atoms with Crippen LogP contribution < -0.4 is 0 Å². The molecular formula is C19H26FN3O2. The lowest BCUT2D eigenvalue weighted by Gasteiger charge is -2.28. The first-order valence-electron chi connectivity index (χ1n) is 8.60. The Balaban J connectivity index is 2.00. The molecule has 136 valence electrons. The Labute approximate surface area is 148 Å². The summed E-state index contributed by atoms with van der Waals surface area (Å²) >= 11 is 0. The second kappa shape index (κ2) is 7.76. The Bertz CT molecular complexity index is 704. The van der Waals surface area contributed by atoms with Gasteiger partial charge in [-0.15, -0.1) is 0 Å². The van der Waals surface area contributed by atoms with Crippen molar-refractivity contribution in [1.82, 2.24) is 15.0 Å². The summed E-state index contributed by atoms with van der Waals surface area (Å²) in [5, 5.41) is 3.97. The first-order chi connectivity index (χ1) is 11.7. The van der Waals surface area contributed by atoms with Crippen molar-refractivity contribution in [2.45, 2.75) is 58.9 Å². The van der Waals surface area contributed by atoms with Crippen molar-refractivity contribution < 1.29 is 13.7 Å². The average molecular weight is 347 g/mol. The van der Waals surface area contributed by atoms with E-state index in [-0.39, 0.29) is 23.2 Å². The molecule has 1 amide bonds. The molecule has 0 bridgehead atoms. The zero-order chi connectivity index (χ0) is 18.6. The van der Waals surface area contributed by atoms with Gasteiger partial charge >= 0.3 is 0 Å². The highest BCUT2D eigenvalue weighted by Gasteiger charge is 2.23. The number of carbonyl (C=O) groups excluding carboxylic acids is 1. The molecule has 2 rings (SSSR count). The molecule has 0 spiro atoms. The number of nitrogens with zero attached hydrogens (tertiary/aromatic N) is 3. The van der Waals surface area contributed by atoms with Gasteiger partial charge in [-0.25, -0.2) is 4.39 Å². The van der Waals surface area contributed by atoms with Crippen LogP contribution in [0.25, 0.3) is 0 Å². The maximum Gasteiger partial charge on any atom is 0.227 e. The van der Waals surface area contributed by atoms with Crippen LogP contribution in [0.4, 0.5) is 4.39 Å². The largest absolute Gasteiger partial charge is 0.339 e. The van der Waals surface area contributed by atoms with Gasteiger partial charge in [0.25, 0.3) is 0 Å². The van der Waals surface area contributed by atoms with Gasteiger partial charge in [-0.05, 0) is 31.5 Å². The highest BCUT2D eigenvalue weighted by molar-refractivity contribution is 5.76. The summed E-state index contributed by atoms with van der Waals surface area (Å²) < 4.78 is 18.3. The molecule has 6 heteroatoms. The van der Waals surface area contributed by atoms with Crippen molar-refractivity contribution in [2.75, 3.05) is 6.54 Å². The van der Waals surface area contributed by atoms with E-state index in [9.17, 15) is 9.18 Å². The van der Waals surface area contributed by atoms with Crippen LogP contribution >= 0.6 is 0 Å². The molecule has 0 unspecified atom stereocenters. The van der Waals surface area contributed by atoms with Crippen LogP contribution in [0, 0.1) is 5.82 Å². The molecule has 0 saturated carbocycles. The minimum absolute atomic E-state index is 0.00911. The second-order valence-electron chi connectivity index (χ2n) is 7.17. The lowest BCUT2D eigenvalue weighted by molar-refractivity contribution is -0.133. The standard InChI is InChI=1S/C19H26FN3O2/c1-6-23(13(2)14-7-9-15(20)10-8-14)17(24)12-11-16-21-18(22-25-16)19(3,4)5/h7-10,13H,6,11-12H2,1-5H3/t13-/m1/s1. The van der Waals surface area contributed by atoms with Gasteiger partial charge in [-0.2, -0.15) is 4.98 Å². The third kappa shape index (κ3) is 4.87. The van der Waals surface area contributed by atoms with Crippen molar-refractivity contribution >= 4 is 5.91 Å². The molecule has 1 atom stereocenters. The Morgan fingerprint density at radius 2 is 1.92 bits per heavy atom. The lowest BCUT2D eigenvalue weighted by Crippen LogP contribution is -2.33. The summed E-state index contributed by atoms with van der Waals surface area (Å²) in [6, 6.07) is 6.13. The van der Waals surface area contributed by atoms with E-state index in [1.165, 1.54) is 12.1 Å². The van der Waals surface area contributed by atoms with E-state index in [1.807, 2.05) is 34.6 Å². The number of hydrogen-bond donors (Lipinski definition) is 0. The highest BCUT2D eigenvalue weighted by Crippen LogP contribution is 2.22. The van der Waals surface area contributed by atoms with Crippen molar-refractivity contribution in [3.8, 4) is 0 Å². The van der Waals surface area contributed by atoms with Crippen molar-refractivity contribution in [1.29, 1.82) is 0 Å². The van der Waals surface area contributed by atoms with Gasteiger partial charge in [0.05, 0.1) is 6.04 Å². The fourth-order valence-electron chi connectivity index (χ4n) is 2.61. The molecule has 0 aliphatic carbocycles. The number of rotatable bonds is 6. The van der Waals surface area contributed by atoms with E-state index in [4.69, 9.17) is 4.52 Å². The van der Waals surface area contributed by atoms with Crippen LogP contribution in [0.1, 0.15) is 64.4 Å². The monoisotopic (exact) mass is 347 g/mol. The van der Waals surface area contributed by atoms with Gasteiger partial charge in [0.2, 0.25) is 11.8 Å². The van der Waals surface area contributed by atoms with Crippen LogP contribution in [0.5, 0.6) is 0 Å². The fraction of sp³-hybridized carbons (Fsp3) is 0.526. The quantitative estimate of drug-likeness (QED) is 0.791. The van der Waals surface area contributed by atoms with Gasteiger partial charge < -0.3 is 9.42 Å². The molecule has 25 heavy (non-hydrogen) atoms. The van der Waals surface area contributed by atoms with Crippen LogP contribution in [0.3, 0.4) is 0 Å². The average Bonchev–Trinajstić information content (AvgIpc) is 3.03. The number of amides is 1. The van der Waals surface area contributed by atoms with E-state index in [1.54, 1.807) is 17.0 Å². The lowest BCUT2D eigenvalue weighted by atomic mass is 9.96. The molecule has 1 heterocycles. The predicted octanol–water partition coefficient (Wildman–Crippen LogP) is 4.05. The Hall–Kier alpha value is -2.24. The number of halogens is 1. The van der Waals surface area contributed by atoms with Gasteiger partial charge in [0.1, 0.15) is 5.82 Å². The second-order valence-corrected chi connectivity index (χ2v) is 7.17. The third-order valence-corrected chi connectivity index (χ3v) is 4.17. The van der Waals surface area contributed by atoms with Crippen LogP contribution in [-0.2, 0) is 16.6 Å². The highest BCUT2D eigenvalue weighted by atomic mass is 19.1. The zero-order valence-electron chi connectivity index (χ0n) is 15.5. The van der Waals surface area contributed by atoms with E-state index in [0.717, 1.165) is 5.56 Å². The van der Waals surface area contributed by atoms with Crippen LogP contribution in [-0.4, -0.2) is 27.5 Å². The van der Waals surface area contributed by atoms with Crippen molar-refractivity contribution in [3.05, 3.63) is 47.4 Å². The SMILES string of the molecule is CCN(C(=O)CCc1nc(C(C)(C)C)no1)[C@H](C)c1ccc(F)cc1. The van der Waals surface area contributed by atoms with Crippen LogP contribution in [0.2, 0.25) is 0 Å². The predicted molar refractivity (Wildman–Crippen MR) is 93.5 cm³/mol. The summed E-state index contributed by atoms with van der Waals surface area (Å²) in [5.74, 6) is 0.844. The first-order valence-corrected chi connectivity index (χ1v) is 8.60. The maximum absolute atomic E-state index is 13.1. The molecule has 0 fully saturated rings. The Kier molecular flexibility index (Phi) is 5.93. The molecule has 0 radical (unpaired) electrons. The number of carbonyl (C=O) groups is 1. The maximum atomic E-state index is 13.1. The summed E-state index contributed by atoms with van der Waals surface area (Å²) in [7, 11) is 0. The molecule has 0 N–H and O–H groups in total. The number of aromatic nitrogens is 2. The smallest absolute Gasteiger partial charge is 0.227 e. The summed E-state index contributed by atoms with van der Waals surface area (Å²) in [5.41, 5.74) is 0.725. The third-order valence-electron chi connectivity index (χ3n) is 4.17. The van der Waals surface area contributed by atoms with E-state index in [2.05, 4.69) is 10.1 Å². The zero-order valence-corrected chi connectivity index (χ0v) is 15.5. The summed E-state index contributed by atoms with van der Waals surface area (Å²) in [4.78, 5) is 18.7. The molecule has 0 aliphatic rings. The Morgan fingerprint density at radius 3 is 2.44 bits per heavy atom. The van der Waals surface area contributed by atoms with Gasteiger partial charge in [-0.1, -0.05) is 38.1 Å². The number of benzene rings is 1. The molecule has 2 aromatic rings. The molecule has 1 aromatic heterocycles. The van der Waals surface area contributed by atoms with Crippen LogP contribution in [0.15, 0.2) is 28.8 Å². The van der Waals surface area contributed by atoms with Crippen molar-refractivity contribution in [2.24, 2.45) is 0 Å². The normalized spacial score (nSPS) is 12.9. The number of aryl methyl sites for hydroxylation is 1. The fourth-order valence-corrected chi connectivity index (χ4v) is 2.61. The molecule has 5 nitrogen and oxygen atoms in total. The van der Waals surface area contributed by atoms with E-state index in [0.29, 0.717) is 31.1 Å². The summed E-state index contributed by atoms with van der Waals surface area (Å²) in [6.07, 6.45) is 0.708. The minimum Gasteiger partial charge on any atom is -0.339 e. The topological polar surface area (TPSA) is 59.2 Å². The van der Waals surface area contributed by atoms with Gasteiger partial charge in [-0.3, -0.25) is 4.79 Å². The molecule has 0 aliphatic heterocycles. The van der Waals surface area contributed by atoms with Gasteiger partial charge in [0, 0.05) is 24.8 Å². The first kappa shape index (κ1) is 19.1. The minimum atomic E-state index is -0.281. The Morgan fingerprint density at radius 1 is 1.28 bits per heavy atom. The molecule has 0 saturated heterocycles. The van der Waals surface area contributed by atoms with E-state index >= 15 is 0 Å². The number of hydrogen-bond acceptors (Lipinski definition) is 4. The molecular weight excluding hydrogens is 321 g/mol. The molecule has 1 aromatic carbocycles. The van der Waals surface area contributed by atoms with Crippen molar-refractivity contribution in [3.63, 3.8) is 0 Å². The van der Waals surface area contributed by atoms with E-state index < -0.39 is 0 Å². The van der Waals surface area contributed by atoms with Gasteiger partial charge in [0.15, 0.2) is 5.82 Å².